The van der Waals surface area contributed by atoms with E-state index in [9.17, 15) is 0 Å². The number of hydrogen-bond acceptors (Lipinski definition) is 3. The fourth-order valence-electron chi connectivity index (χ4n) is 4.85. The van der Waals surface area contributed by atoms with Crippen LogP contribution in [-0.4, -0.2) is 36.6 Å². The Morgan fingerprint density at radius 2 is 1.24 bits per heavy atom. The molecule has 4 fully saturated rings. The third kappa shape index (κ3) is 3.62. The molecule has 2 saturated carbocycles. The van der Waals surface area contributed by atoms with Gasteiger partial charge in [0, 0.05) is 0 Å². The van der Waals surface area contributed by atoms with Crippen LogP contribution < -0.4 is 0 Å². The van der Waals surface area contributed by atoms with E-state index in [1.54, 1.807) is 0 Å². The van der Waals surface area contributed by atoms with Crippen LogP contribution in [0.5, 0.6) is 0 Å². The van der Waals surface area contributed by atoms with Crippen molar-refractivity contribution < 1.29 is 14.2 Å². The molecule has 8 unspecified atom stereocenters. The van der Waals surface area contributed by atoms with Crippen LogP contribution in [0.4, 0.5) is 0 Å². The van der Waals surface area contributed by atoms with Gasteiger partial charge in [0.15, 0.2) is 0 Å². The molecule has 8 atom stereocenters. The van der Waals surface area contributed by atoms with E-state index in [-0.39, 0.29) is 0 Å². The summed E-state index contributed by atoms with van der Waals surface area (Å²) in [5.41, 5.74) is 0. The molecule has 2 aliphatic carbocycles. The number of hydrogen-bond donors (Lipinski definition) is 0. The van der Waals surface area contributed by atoms with Crippen molar-refractivity contribution in [2.75, 3.05) is 0 Å². The summed E-state index contributed by atoms with van der Waals surface area (Å²) in [6, 6.07) is 0. The molecule has 0 amide bonds. The average molecular weight is 294 g/mol. The Bertz CT molecular complexity index is 337. The van der Waals surface area contributed by atoms with Crippen molar-refractivity contribution in [2.24, 2.45) is 11.8 Å². The minimum atomic E-state index is 0.397. The van der Waals surface area contributed by atoms with Gasteiger partial charge >= 0.3 is 0 Å². The lowest BCUT2D eigenvalue weighted by Gasteiger charge is -2.27. The highest BCUT2D eigenvalue weighted by atomic mass is 16.6. The van der Waals surface area contributed by atoms with Crippen molar-refractivity contribution in [1.29, 1.82) is 0 Å². The Morgan fingerprint density at radius 3 is 1.67 bits per heavy atom. The molecule has 21 heavy (non-hydrogen) atoms. The summed E-state index contributed by atoms with van der Waals surface area (Å²) >= 11 is 0. The van der Waals surface area contributed by atoms with Gasteiger partial charge < -0.3 is 14.2 Å². The Balaban J connectivity index is 1.16. The van der Waals surface area contributed by atoms with E-state index in [0.717, 1.165) is 11.8 Å². The van der Waals surface area contributed by atoms with E-state index < -0.39 is 0 Å². The van der Waals surface area contributed by atoms with Crippen molar-refractivity contribution in [3.05, 3.63) is 0 Å². The highest BCUT2D eigenvalue weighted by molar-refractivity contribution is 4.93. The molecule has 0 aromatic rings. The molecule has 120 valence electrons. The minimum absolute atomic E-state index is 0.397. The lowest BCUT2D eigenvalue weighted by atomic mass is 9.85. The van der Waals surface area contributed by atoms with Crippen LogP contribution in [0.1, 0.15) is 65.2 Å². The van der Waals surface area contributed by atoms with Gasteiger partial charge in [0.05, 0.1) is 36.6 Å². The van der Waals surface area contributed by atoms with Crippen LogP contribution in [0.2, 0.25) is 0 Å². The van der Waals surface area contributed by atoms with E-state index in [0.29, 0.717) is 36.6 Å². The predicted molar refractivity (Wildman–Crippen MR) is 81.2 cm³/mol. The van der Waals surface area contributed by atoms with Gasteiger partial charge in [-0.25, -0.2) is 0 Å². The molecule has 0 radical (unpaired) electrons. The second-order valence-electron chi connectivity index (χ2n) is 8.01. The minimum Gasteiger partial charge on any atom is -0.376 e. The molecule has 2 heterocycles. The second-order valence-corrected chi connectivity index (χ2v) is 8.01. The molecule has 4 rings (SSSR count). The summed E-state index contributed by atoms with van der Waals surface area (Å²) in [5, 5.41) is 0. The largest absolute Gasteiger partial charge is 0.376 e. The Hall–Kier alpha value is -0.120. The topological polar surface area (TPSA) is 34.3 Å². The monoisotopic (exact) mass is 294 g/mol. The Kier molecular flexibility index (Phi) is 4.01. The first-order chi connectivity index (χ1) is 10.2. The van der Waals surface area contributed by atoms with E-state index >= 15 is 0 Å². The molecule has 3 nitrogen and oxygen atoms in total. The van der Waals surface area contributed by atoms with Crippen LogP contribution in [0.3, 0.4) is 0 Å². The van der Waals surface area contributed by atoms with Gasteiger partial charge in [0.1, 0.15) is 0 Å². The normalized spacial score (nSPS) is 47.1. The summed E-state index contributed by atoms with van der Waals surface area (Å²) in [6.45, 7) is 4.52. The average Bonchev–Trinajstić information content (AvgIpc) is 3.31. The van der Waals surface area contributed by atoms with Gasteiger partial charge in [-0.15, -0.1) is 0 Å². The molecule has 0 spiro atoms. The van der Waals surface area contributed by atoms with Crippen molar-refractivity contribution in [2.45, 2.75) is 102 Å². The molecule has 4 aliphatic rings. The molecule has 0 N–H and O–H groups in total. The molecular weight excluding hydrogens is 264 g/mol. The van der Waals surface area contributed by atoms with E-state index in [1.807, 2.05) is 0 Å². The fraction of sp³-hybridized carbons (Fsp3) is 1.00. The highest BCUT2D eigenvalue weighted by Crippen LogP contribution is 2.42. The van der Waals surface area contributed by atoms with Crippen LogP contribution >= 0.6 is 0 Å². The lowest BCUT2D eigenvalue weighted by molar-refractivity contribution is -0.0192. The van der Waals surface area contributed by atoms with Gasteiger partial charge in [-0.3, -0.25) is 0 Å². The zero-order valence-corrected chi connectivity index (χ0v) is 13.5. The molecule has 0 aromatic heterocycles. The molecule has 2 aliphatic heterocycles. The molecular formula is C18H30O3. The standard InChI is InChI=1S/C18H30O3/c1-11(7-13-3-5-15-17(9-13)20-15)19-12(2)8-14-4-6-16-18(10-14)21-16/h11-18H,3-10H2,1-2H3. The van der Waals surface area contributed by atoms with Crippen molar-refractivity contribution in [1.82, 2.24) is 0 Å². The Labute approximate surface area is 128 Å². The van der Waals surface area contributed by atoms with Crippen LogP contribution in [0, 0.1) is 11.8 Å². The summed E-state index contributed by atoms with van der Waals surface area (Å²) in [7, 11) is 0. The van der Waals surface area contributed by atoms with Crippen LogP contribution in [0.15, 0.2) is 0 Å². The molecule has 0 aromatic carbocycles. The van der Waals surface area contributed by atoms with Gasteiger partial charge in [-0.05, 0) is 77.0 Å². The summed E-state index contributed by atoms with van der Waals surface area (Å²) in [6.07, 6.45) is 13.5. The maximum Gasteiger partial charge on any atom is 0.0844 e. The summed E-state index contributed by atoms with van der Waals surface area (Å²) in [4.78, 5) is 0. The smallest absolute Gasteiger partial charge is 0.0844 e. The predicted octanol–water partition coefficient (Wildman–Crippen LogP) is 3.70. The fourth-order valence-corrected chi connectivity index (χ4v) is 4.85. The molecule has 2 saturated heterocycles. The van der Waals surface area contributed by atoms with E-state index in [2.05, 4.69) is 13.8 Å². The van der Waals surface area contributed by atoms with Gasteiger partial charge in [0.2, 0.25) is 0 Å². The summed E-state index contributed by atoms with van der Waals surface area (Å²) < 4.78 is 17.5. The SMILES string of the molecule is CC(CC1CCC2OC2C1)OC(C)CC1CCC2OC2C1. The lowest BCUT2D eigenvalue weighted by Crippen LogP contribution is -2.25. The zero-order chi connectivity index (χ0) is 14.4. The highest BCUT2D eigenvalue weighted by Gasteiger charge is 2.45. The maximum absolute atomic E-state index is 6.27. The van der Waals surface area contributed by atoms with Gasteiger partial charge in [-0.2, -0.15) is 0 Å². The Morgan fingerprint density at radius 1 is 0.762 bits per heavy atom. The summed E-state index contributed by atoms with van der Waals surface area (Å²) in [5.74, 6) is 1.65. The third-order valence-corrected chi connectivity index (χ3v) is 6.02. The quantitative estimate of drug-likeness (QED) is 0.701. The third-order valence-electron chi connectivity index (χ3n) is 6.02. The van der Waals surface area contributed by atoms with Crippen LogP contribution in [0.25, 0.3) is 0 Å². The number of rotatable bonds is 6. The van der Waals surface area contributed by atoms with Gasteiger partial charge in [0.25, 0.3) is 0 Å². The second kappa shape index (κ2) is 5.82. The van der Waals surface area contributed by atoms with Gasteiger partial charge in [-0.1, -0.05) is 0 Å². The number of fused-ring (bicyclic) bond motifs is 2. The maximum atomic E-state index is 6.27. The molecule has 0 bridgehead atoms. The van der Waals surface area contributed by atoms with E-state index in [1.165, 1.54) is 51.4 Å². The number of ether oxygens (including phenoxy) is 3. The zero-order valence-electron chi connectivity index (χ0n) is 13.5. The van der Waals surface area contributed by atoms with Crippen molar-refractivity contribution in [3.8, 4) is 0 Å². The number of epoxide rings is 2. The first-order valence-electron chi connectivity index (χ1n) is 9.13. The first kappa shape index (κ1) is 14.5. The first-order valence-corrected chi connectivity index (χ1v) is 9.13. The van der Waals surface area contributed by atoms with E-state index in [4.69, 9.17) is 14.2 Å². The van der Waals surface area contributed by atoms with Crippen molar-refractivity contribution >= 4 is 0 Å². The van der Waals surface area contributed by atoms with Crippen molar-refractivity contribution in [3.63, 3.8) is 0 Å². The van der Waals surface area contributed by atoms with Crippen LogP contribution in [-0.2, 0) is 14.2 Å². The molecule has 3 heteroatoms.